The van der Waals surface area contributed by atoms with E-state index in [9.17, 15) is 14.0 Å². The fourth-order valence-corrected chi connectivity index (χ4v) is 6.24. The van der Waals surface area contributed by atoms with E-state index in [1.807, 2.05) is 37.4 Å². The minimum absolute atomic E-state index is 0.0240. The molecular formula is C16H36O8P2S2. The second-order valence-corrected chi connectivity index (χ2v) is 13.9. The summed E-state index contributed by atoms with van der Waals surface area (Å²) in [5, 5.41) is 8.38. The molecule has 0 aliphatic carbocycles. The van der Waals surface area contributed by atoms with Gasteiger partial charge in [-0.25, -0.2) is 9.82 Å². The molecule has 170 valence electrons. The van der Waals surface area contributed by atoms with Gasteiger partial charge in [-0.3, -0.25) is 9.09 Å². The number of phosphoric ester groups is 1. The van der Waals surface area contributed by atoms with Gasteiger partial charge < -0.3 is 14.7 Å². The lowest BCUT2D eigenvalue weighted by molar-refractivity contribution is -0.146. The van der Waals surface area contributed by atoms with E-state index in [0.717, 1.165) is 35.9 Å². The molecule has 0 aromatic rings. The largest absolute Gasteiger partial charge is 0.469 e. The molecule has 1 unspecified atom stereocenters. The summed E-state index contributed by atoms with van der Waals surface area (Å²) in [5.41, 5.74) is -0.111. The highest BCUT2D eigenvalue weighted by Gasteiger charge is 2.26. The molecule has 0 aliphatic heterocycles. The van der Waals surface area contributed by atoms with Crippen molar-refractivity contribution in [3.05, 3.63) is 0 Å². The van der Waals surface area contributed by atoms with Gasteiger partial charge >= 0.3 is 15.4 Å². The van der Waals surface area contributed by atoms with Crippen LogP contribution in [0.1, 0.15) is 53.4 Å². The van der Waals surface area contributed by atoms with Gasteiger partial charge in [-0.2, -0.15) is 28.2 Å². The third-order valence-corrected chi connectivity index (χ3v) is 8.25. The van der Waals surface area contributed by atoms with Gasteiger partial charge in [0.15, 0.2) is 0 Å². The Morgan fingerprint density at radius 2 is 1.25 bits per heavy atom. The lowest BCUT2D eigenvalue weighted by Crippen LogP contribution is -2.15. The molecule has 0 saturated carbocycles. The van der Waals surface area contributed by atoms with Crippen LogP contribution in [0.3, 0.4) is 0 Å². The Morgan fingerprint density at radius 1 is 0.786 bits per heavy atom. The van der Waals surface area contributed by atoms with Crippen molar-refractivity contribution in [3.8, 4) is 0 Å². The first-order valence-corrected chi connectivity index (χ1v) is 14.8. The normalized spacial score (nSPS) is 15.6. The van der Waals surface area contributed by atoms with E-state index >= 15 is 0 Å². The summed E-state index contributed by atoms with van der Waals surface area (Å²) >= 11 is 3.72. The predicted octanol–water partition coefficient (Wildman–Crippen LogP) is 4.85. The Balaban J connectivity index is 3.75. The number of rotatable bonds is 17. The van der Waals surface area contributed by atoms with Gasteiger partial charge in [0, 0.05) is 11.5 Å². The fourth-order valence-electron chi connectivity index (χ4n) is 2.19. The van der Waals surface area contributed by atoms with E-state index in [1.54, 1.807) is 0 Å². The smallest absolute Gasteiger partial charge is 0.323 e. The SMILES string of the molecule is CC(C)(CCOP(=O)(O)O)CCSCCSCCC(C)(C)CCP(=O)(O)OO. The molecule has 0 spiro atoms. The van der Waals surface area contributed by atoms with Crippen molar-refractivity contribution in [2.45, 2.75) is 53.4 Å². The molecule has 8 nitrogen and oxygen atoms in total. The Kier molecular flexibility index (Phi) is 13.8. The van der Waals surface area contributed by atoms with Crippen LogP contribution in [0.25, 0.3) is 0 Å². The topological polar surface area (TPSA) is 134 Å². The van der Waals surface area contributed by atoms with Gasteiger partial charge in [-0.15, -0.1) is 0 Å². The molecule has 0 saturated heterocycles. The van der Waals surface area contributed by atoms with Crippen molar-refractivity contribution < 1.29 is 38.3 Å². The molecule has 0 heterocycles. The number of phosphoric acid groups is 1. The number of hydrogen-bond donors (Lipinski definition) is 4. The predicted molar refractivity (Wildman–Crippen MR) is 117 cm³/mol. The van der Waals surface area contributed by atoms with Crippen molar-refractivity contribution in [1.29, 1.82) is 0 Å². The molecule has 0 radical (unpaired) electrons. The van der Waals surface area contributed by atoms with Gasteiger partial charge in [-0.05, 0) is 48.0 Å². The van der Waals surface area contributed by atoms with Gasteiger partial charge in [0.25, 0.3) is 0 Å². The minimum atomic E-state index is -4.38. The summed E-state index contributed by atoms with van der Waals surface area (Å²) in [7, 11) is -8.24. The summed E-state index contributed by atoms with van der Waals surface area (Å²) in [5.74, 6) is 4.02. The average Bonchev–Trinajstić information content (AvgIpc) is 2.54. The van der Waals surface area contributed by atoms with Crippen molar-refractivity contribution in [1.82, 2.24) is 0 Å². The highest BCUT2D eigenvalue weighted by atomic mass is 32.2. The fraction of sp³-hybridized carbons (Fsp3) is 1.00. The zero-order valence-corrected chi connectivity index (χ0v) is 20.6. The van der Waals surface area contributed by atoms with Crippen molar-refractivity contribution in [3.63, 3.8) is 0 Å². The molecule has 0 amide bonds. The second kappa shape index (κ2) is 13.4. The quantitative estimate of drug-likeness (QED) is 0.0986. The first-order valence-electron chi connectivity index (χ1n) is 9.19. The Hall–Kier alpha value is 0.920. The van der Waals surface area contributed by atoms with Gasteiger partial charge in [0.05, 0.1) is 12.8 Å². The first-order chi connectivity index (χ1) is 12.7. The molecule has 0 aliphatic rings. The molecule has 0 aromatic carbocycles. The van der Waals surface area contributed by atoms with E-state index in [0.29, 0.717) is 12.8 Å². The third-order valence-electron chi connectivity index (χ3n) is 4.46. The minimum Gasteiger partial charge on any atom is -0.323 e. The van der Waals surface area contributed by atoms with Gasteiger partial charge in [-0.1, -0.05) is 27.7 Å². The summed E-state index contributed by atoms with van der Waals surface area (Å²) in [4.78, 5) is 26.7. The van der Waals surface area contributed by atoms with E-state index in [4.69, 9.17) is 15.0 Å². The van der Waals surface area contributed by atoms with Crippen molar-refractivity contribution in [2.24, 2.45) is 10.8 Å². The van der Waals surface area contributed by atoms with Crippen LogP contribution in [0, 0.1) is 10.8 Å². The molecule has 0 bridgehead atoms. The van der Waals surface area contributed by atoms with Crippen LogP contribution in [0.2, 0.25) is 0 Å². The van der Waals surface area contributed by atoms with Gasteiger partial charge in [0.2, 0.25) is 0 Å². The zero-order valence-electron chi connectivity index (χ0n) is 17.2. The maximum Gasteiger partial charge on any atom is 0.469 e. The third kappa shape index (κ3) is 17.8. The molecule has 0 rings (SSSR count). The van der Waals surface area contributed by atoms with Crippen LogP contribution in [0.15, 0.2) is 0 Å². The number of thioether (sulfide) groups is 2. The Bertz CT molecular complexity index is 525. The maximum atomic E-state index is 11.3. The van der Waals surface area contributed by atoms with E-state index in [2.05, 4.69) is 23.0 Å². The van der Waals surface area contributed by atoms with Crippen LogP contribution >= 0.6 is 38.9 Å². The van der Waals surface area contributed by atoms with E-state index in [-0.39, 0.29) is 23.6 Å². The average molecular weight is 483 g/mol. The lowest BCUT2D eigenvalue weighted by Gasteiger charge is -2.25. The summed E-state index contributed by atoms with van der Waals surface area (Å²) in [6, 6.07) is 0. The molecule has 1 atom stereocenters. The molecule has 0 aromatic heterocycles. The van der Waals surface area contributed by atoms with Crippen LogP contribution in [-0.4, -0.2) is 55.7 Å². The van der Waals surface area contributed by atoms with E-state index in [1.165, 1.54) is 0 Å². The molecule has 28 heavy (non-hydrogen) atoms. The zero-order chi connectivity index (χ0) is 21.9. The van der Waals surface area contributed by atoms with Crippen molar-refractivity contribution in [2.75, 3.05) is 35.8 Å². The summed E-state index contributed by atoms with van der Waals surface area (Å²) < 4.78 is 30.1. The summed E-state index contributed by atoms with van der Waals surface area (Å²) in [6.45, 7) is 8.28. The van der Waals surface area contributed by atoms with Crippen LogP contribution in [-0.2, 0) is 18.3 Å². The molecule has 12 heteroatoms. The Labute approximate surface area is 177 Å². The standard InChI is InChI=1S/C16H36O8P2S2/c1-15(2,5-9-23-26(20,21)22)7-11-27-13-14-28-12-8-16(3,4)6-10-25(18,19)24-17/h17H,5-14H2,1-4H3,(H,18,19)(H2,20,21,22). The van der Waals surface area contributed by atoms with E-state index < -0.39 is 15.4 Å². The van der Waals surface area contributed by atoms with Crippen LogP contribution < -0.4 is 0 Å². The van der Waals surface area contributed by atoms with Crippen molar-refractivity contribution >= 4 is 38.9 Å². The highest BCUT2D eigenvalue weighted by Crippen LogP contribution is 2.44. The maximum absolute atomic E-state index is 11.3. The van der Waals surface area contributed by atoms with Crippen LogP contribution in [0.4, 0.5) is 0 Å². The second-order valence-electron chi connectivity index (χ2n) is 8.32. The molecular weight excluding hydrogens is 446 g/mol. The van der Waals surface area contributed by atoms with Gasteiger partial charge in [0.1, 0.15) is 0 Å². The Morgan fingerprint density at radius 3 is 1.68 bits per heavy atom. The lowest BCUT2D eigenvalue weighted by atomic mass is 9.87. The monoisotopic (exact) mass is 482 g/mol. The number of hydrogen-bond acceptors (Lipinski definition) is 7. The van der Waals surface area contributed by atoms with Crippen LogP contribution in [0.5, 0.6) is 0 Å². The summed E-state index contributed by atoms with van der Waals surface area (Å²) in [6.07, 6.45) is 2.93. The molecule has 4 N–H and O–H groups in total. The first kappa shape index (κ1) is 28.9. The molecule has 0 fully saturated rings. The highest BCUT2D eigenvalue weighted by molar-refractivity contribution is 8.02.